The van der Waals surface area contributed by atoms with E-state index in [0.29, 0.717) is 16.1 Å². The van der Waals surface area contributed by atoms with E-state index in [1.54, 1.807) is 12.1 Å². The zero-order valence-electron chi connectivity index (χ0n) is 9.98. The Morgan fingerprint density at radius 3 is 2.53 bits per heavy atom. The molecule has 0 amide bonds. The second kappa shape index (κ2) is 5.28. The van der Waals surface area contributed by atoms with E-state index in [9.17, 15) is 14.3 Å². The van der Waals surface area contributed by atoms with Crippen molar-refractivity contribution in [3.63, 3.8) is 0 Å². The third-order valence-corrected chi connectivity index (χ3v) is 2.81. The lowest BCUT2D eigenvalue weighted by molar-refractivity contribution is 0.0595. The van der Waals surface area contributed by atoms with Gasteiger partial charge in [0.2, 0.25) is 0 Å². The van der Waals surface area contributed by atoms with Crippen LogP contribution in [0.4, 0.5) is 4.39 Å². The molecule has 3 nitrogen and oxygen atoms in total. The number of hydrogen-bond donors (Lipinski definition) is 1. The van der Waals surface area contributed by atoms with Gasteiger partial charge in [0.1, 0.15) is 11.6 Å². The summed E-state index contributed by atoms with van der Waals surface area (Å²) < 4.78 is 18.2. The topological polar surface area (TPSA) is 46.5 Å². The highest BCUT2D eigenvalue weighted by molar-refractivity contribution is 6.31. The highest BCUT2D eigenvalue weighted by atomic mass is 35.5. The van der Waals surface area contributed by atoms with Crippen molar-refractivity contribution in [3.05, 3.63) is 52.8 Å². The molecule has 0 fully saturated rings. The van der Waals surface area contributed by atoms with Gasteiger partial charge in [-0.15, -0.1) is 0 Å². The Morgan fingerprint density at radius 1 is 1.21 bits per heavy atom. The maximum atomic E-state index is 13.8. The van der Waals surface area contributed by atoms with Crippen LogP contribution in [-0.2, 0) is 4.74 Å². The number of methoxy groups -OCH3 is 1. The molecule has 0 unspecified atom stereocenters. The van der Waals surface area contributed by atoms with Crippen molar-refractivity contribution in [1.29, 1.82) is 0 Å². The maximum absolute atomic E-state index is 13.8. The van der Waals surface area contributed by atoms with Crippen molar-refractivity contribution in [2.45, 2.75) is 0 Å². The molecule has 5 heteroatoms. The summed E-state index contributed by atoms with van der Waals surface area (Å²) in [5, 5.41) is 9.79. The first kappa shape index (κ1) is 13.4. The normalized spacial score (nSPS) is 10.3. The summed E-state index contributed by atoms with van der Waals surface area (Å²) in [5.74, 6) is -1.44. The molecule has 0 spiro atoms. The van der Waals surface area contributed by atoms with Crippen LogP contribution in [0.3, 0.4) is 0 Å². The van der Waals surface area contributed by atoms with Crippen molar-refractivity contribution < 1.29 is 19.0 Å². The summed E-state index contributed by atoms with van der Waals surface area (Å²) in [6.45, 7) is 0. The molecular formula is C14H10ClFO3. The lowest BCUT2D eigenvalue weighted by atomic mass is 10.0. The minimum absolute atomic E-state index is 0.0139. The summed E-state index contributed by atoms with van der Waals surface area (Å²) in [5.41, 5.74) is 0.917. The highest BCUT2D eigenvalue weighted by Gasteiger charge is 2.13. The van der Waals surface area contributed by atoms with E-state index in [2.05, 4.69) is 4.74 Å². The van der Waals surface area contributed by atoms with Gasteiger partial charge in [-0.3, -0.25) is 0 Å². The monoisotopic (exact) mass is 280 g/mol. The van der Waals surface area contributed by atoms with Gasteiger partial charge in [-0.2, -0.15) is 0 Å². The fraction of sp³-hybridized carbons (Fsp3) is 0.0714. The van der Waals surface area contributed by atoms with E-state index in [-0.39, 0.29) is 11.3 Å². The van der Waals surface area contributed by atoms with Crippen LogP contribution in [0.5, 0.6) is 5.75 Å². The van der Waals surface area contributed by atoms with Crippen molar-refractivity contribution in [2.75, 3.05) is 7.11 Å². The minimum atomic E-state index is -0.738. The largest absolute Gasteiger partial charge is 0.508 e. The number of aromatic hydroxyl groups is 1. The van der Waals surface area contributed by atoms with Crippen LogP contribution >= 0.6 is 11.6 Å². The number of hydrogen-bond acceptors (Lipinski definition) is 3. The predicted octanol–water partition coefficient (Wildman–Crippen LogP) is 3.64. The number of carbonyl (C=O) groups excluding carboxylic acids is 1. The van der Waals surface area contributed by atoms with Crippen molar-refractivity contribution in [3.8, 4) is 16.9 Å². The maximum Gasteiger partial charge on any atom is 0.340 e. The van der Waals surface area contributed by atoms with E-state index in [0.717, 1.165) is 0 Å². The summed E-state index contributed by atoms with van der Waals surface area (Å²) in [6, 6.07) is 8.50. The molecule has 2 aromatic carbocycles. The standard InChI is InChI=1S/C14H10ClFO3/c1-19-14(18)12-3-2-8(6-13(12)16)9-4-10(15)7-11(17)5-9/h2-7,17H,1H3. The fourth-order valence-corrected chi connectivity index (χ4v) is 1.94. The molecule has 2 rings (SSSR count). The average molecular weight is 281 g/mol. The van der Waals surface area contributed by atoms with E-state index in [4.69, 9.17) is 11.6 Å². The van der Waals surface area contributed by atoms with Crippen LogP contribution < -0.4 is 0 Å². The number of ether oxygens (including phenoxy) is 1. The highest BCUT2D eigenvalue weighted by Crippen LogP contribution is 2.29. The Kier molecular flexibility index (Phi) is 3.71. The first-order valence-corrected chi connectivity index (χ1v) is 5.77. The molecule has 0 aliphatic carbocycles. The summed E-state index contributed by atoms with van der Waals surface area (Å²) >= 11 is 5.82. The van der Waals surface area contributed by atoms with E-state index < -0.39 is 11.8 Å². The number of phenols is 1. The second-order valence-corrected chi connectivity index (χ2v) is 4.32. The van der Waals surface area contributed by atoms with Crippen LogP contribution in [0, 0.1) is 5.82 Å². The number of esters is 1. The molecule has 19 heavy (non-hydrogen) atoms. The number of halogens is 2. The molecule has 0 aromatic heterocycles. The predicted molar refractivity (Wildman–Crippen MR) is 69.9 cm³/mol. The molecule has 0 bridgehead atoms. The SMILES string of the molecule is COC(=O)c1ccc(-c2cc(O)cc(Cl)c2)cc1F. The van der Waals surface area contributed by atoms with Gasteiger partial charge in [-0.1, -0.05) is 17.7 Å². The first-order chi connectivity index (χ1) is 9.01. The average Bonchev–Trinajstić information content (AvgIpc) is 2.36. The Morgan fingerprint density at radius 2 is 1.95 bits per heavy atom. The van der Waals surface area contributed by atoms with Gasteiger partial charge in [0.25, 0.3) is 0 Å². The van der Waals surface area contributed by atoms with Crippen LogP contribution in [0.1, 0.15) is 10.4 Å². The molecule has 0 aliphatic rings. The molecule has 1 N–H and O–H groups in total. The summed E-state index contributed by atoms with van der Waals surface area (Å²) in [7, 11) is 1.19. The molecule has 0 aliphatic heterocycles. The lowest BCUT2D eigenvalue weighted by Crippen LogP contribution is -2.04. The molecule has 0 saturated carbocycles. The number of carbonyl (C=O) groups is 1. The first-order valence-electron chi connectivity index (χ1n) is 5.39. The van der Waals surface area contributed by atoms with E-state index in [1.807, 2.05) is 0 Å². The molecule has 0 atom stereocenters. The van der Waals surface area contributed by atoms with Crippen LogP contribution in [0.25, 0.3) is 11.1 Å². The number of phenolic OH excluding ortho intramolecular Hbond substituents is 1. The van der Waals surface area contributed by atoms with E-state index in [1.165, 1.54) is 31.4 Å². The van der Waals surface area contributed by atoms with Crippen molar-refractivity contribution in [2.24, 2.45) is 0 Å². The lowest BCUT2D eigenvalue weighted by Gasteiger charge is -2.06. The zero-order valence-corrected chi connectivity index (χ0v) is 10.7. The van der Waals surface area contributed by atoms with Gasteiger partial charge in [0, 0.05) is 5.02 Å². The van der Waals surface area contributed by atoms with Gasteiger partial charge >= 0.3 is 5.97 Å². The van der Waals surface area contributed by atoms with Gasteiger partial charge < -0.3 is 9.84 Å². The molecule has 0 saturated heterocycles. The Bertz CT molecular complexity index is 620. The Labute approximate surface area is 114 Å². The minimum Gasteiger partial charge on any atom is -0.508 e. The van der Waals surface area contributed by atoms with Gasteiger partial charge in [0.05, 0.1) is 12.7 Å². The third-order valence-electron chi connectivity index (χ3n) is 2.59. The zero-order chi connectivity index (χ0) is 14.0. The summed E-state index contributed by atoms with van der Waals surface area (Å²) in [4.78, 5) is 11.3. The summed E-state index contributed by atoms with van der Waals surface area (Å²) in [6.07, 6.45) is 0. The smallest absolute Gasteiger partial charge is 0.340 e. The molecular weight excluding hydrogens is 271 g/mol. The van der Waals surface area contributed by atoms with Crippen LogP contribution in [0.2, 0.25) is 5.02 Å². The van der Waals surface area contributed by atoms with Crippen molar-refractivity contribution in [1.82, 2.24) is 0 Å². The third kappa shape index (κ3) is 2.85. The molecule has 2 aromatic rings. The van der Waals surface area contributed by atoms with Crippen LogP contribution in [0.15, 0.2) is 36.4 Å². The quantitative estimate of drug-likeness (QED) is 0.854. The van der Waals surface area contributed by atoms with Gasteiger partial charge in [-0.25, -0.2) is 9.18 Å². The van der Waals surface area contributed by atoms with Gasteiger partial charge in [0.15, 0.2) is 0 Å². The molecule has 0 heterocycles. The number of benzene rings is 2. The van der Waals surface area contributed by atoms with Crippen LogP contribution in [-0.4, -0.2) is 18.2 Å². The molecule has 98 valence electrons. The number of rotatable bonds is 2. The second-order valence-electron chi connectivity index (χ2n) is 3.88. The van der Waals surface area contributed by atoms with Gasteiger partial charge in [-0.05, 0) is 41.5 Å². The fourth-order valence-electron chi connectivity index (χ4n) is 1.71. The van der Waals surface area contributed by atoms with E-state index >= 15 is 0 Å². The Hall–Kier alpha value is -2.07. The molecule has 0 radical (unpaired) electrons. The van der Waals surface area contributed by atoms with Crippen molar-refractivity contribution >= 4 is 17.6 Å². The Balaban J connectivity index is 2.47.